The number of hydrogen-bond acceptors (Lipinski definition) is 6. The van der Waals surface area contributed by atoms with E-state index in [9.17, 15) is 20.2 Å². The Kier molecular flexibility index (Phi) is 5.35. The molecule has 8 nitrogen and oxygen atoms in total. The van der Waals surface area contributed by atoms with Crippen LogP contribution >= 0.6 is 0 Å². The number of nitro benzene ring substituents is 2. The van der Waals surface area contributed by atoms with Gasteiger partial charge in [-0.2, -0.15) is 5.10 Å². The molecule has 0 saturated carbocycles. The molecule has 24 heavy (non-hydrogen) atoms. The van der Waals surface area contributed by atoms with Gasteiger partial charge in [-0.05, 0) is 24.6 Å². The number of nitrogens with one attached hydrogen (secondary N) is 1. The summed E-state index contributed by atoms with van der Waals surface area (Å²) in [6, 6.07) is 11.8. The van der Waals surface area contributed by atoms with Crippen molar-refractivity contribution in [2.24, 2.45) is 5.10 Å². The molecule has 0 saturated heterocycles. The van der Waals surface area contributed by atoms with Gasteiger partial charge in [-0.25, -0.2) is 0 Å². The van der Waals surface area contributed by atoms with E-state index in [1.807, 2.05) is 36.4 Å². The highest BCUT2D eigenvalue weighted by Gasteiger charge is 2.22. The van der Waals surface area contributed by atoms with E-state index in [1.165, 1.54) is 19.2 Å². The maximum atomic E-state index is 11.1. The summed E-state index contributed by atoms with van der Waals surface area (Å²) in [5.41, 5.74) is 3.22. The predicted molar refractivity (Wildman–Crippen MR) is 92.1 cm³/mol. The largest absolute Gasteiger partial charge is 0.301 e. The molecular formula is C16H14N4O4. The summed E-state index contributed by atoms with van der Waals surface area (Å²) in [5, 5.41) is 25.8. The van der Waals surface area contributed by atoms with Crippen molar-refractivity contribution < 1.29 is 9.85 Å². The van der Waals surface area contributed by atoms with Crippen molar-refractivity contribution in [1.82, 2.24) is 0 Å². The molecule has 0 aliphatic rings. The topological polar surface area (TPSA) is 111 Å². The van der Waals surface area contributed by atoms with Crippen molar-refractivity contribution in [1.29, 1.82) is 0 Å². The number of anilines is 1. The van der Waals surface area contributed by atoms with E-state index in [0.29, 0.717) is 5.56 Å². The van der Waals surface area contributed by atoms with E-state index in [4.69, 9.17) is 0 Å². The van der Waals surface area contributed by atoms with Crippen LogP contribution in [0.3, 0.4) is 0 Å². The fraction of sp³-hybridized carbons (Fsp3) is 0.0625. The SMILES string of the molecule is Cc1cc(NN=CC=Cc2ccccc2)c([N+](=O)[O-])cc1[N+](=O)[O-]. The van der Waals surface area contributed by atoms with Crippen molar-refractivity contribution in [3.05, 3.63) is 79.9 Å². The second kappa shape index (κ2) is 7.63. The highest BCUT2D eigenvalue weighted by atomic mass is 16.6. The highest BCUT2D eigenvalue weighted by Crippen LogP contribution is 2.32. The average molecular weight is 326 g/mol. The van der Waals surface area contributed by atoms with Gasteiger partial charge in [0, 0.05) is 11.8 Å². The van der Waals surface area contributed by atoms with E-state index in [0.717, 1.165) is 11.6 Å². The molecule has 0 atom stereocenters. The third-order valence-corrected chi connectivity index (χ3v) is 3.14. The summed E-state index contributed by atoms with van der Waals surface area (Å²) in [7, 11) is 0. The number of allylic oxidation sites excluding steroid dienone is 1. The number of nitro groups is 2. The van der Waals surface area contributed by atoms with Crippen molar-refractivity contribution in [2.75, 3.05) is 5.43 Å². The van der Waals surface area contributed by atoms with Crippen LogP contribution < -0.4 is 5.43 Å². The lowest BCUT2D eigenvalue weighted by Crippen LogP contribution is -2.00. The quantitative estimate of drug-likeness (QED) is 0.491. The Balaban J connectivity index is 2.15. The fourth-order valence-corrected chi connectivity index (χ4v) is 1.99. The molecule has 0 aliphatic heterocycles. The number of nitrogens with zero attached hydrogens (tertiary/aromatic N) is 3. The van der Waals surface area contributed by atoms with Crippen LogP contribution in [0.5, 0.6) is 0 Å². The van der Waals surface area contributed by atoms with Gasteiger partial charge in [0.25, 0.3) is 5.69 Å². The minimum Gasteiger partial charge on any atom is -0.272 e. The summed E-state index contributed by atoms with van der Waals surface area (Å²) >= 11 is 0. The standard InChI is InChI=1S/C16H14N4O4/c1-12-10-14(16(20(23)24)11-15(12)19(21)22)18-17-9-5-8-13-6-3-2-4-7-13/h2-11,18H,1H3. The smallest absolute Gasteiger partial charge is 0.272 e. The predicted octanol–water partition coefficient (Wildman–Crippen LogP) is 3.92. The maximum absolute atomic E-state index is 11.1. The normalized spacial score (nSPS) is 11.0. The molecule has 0 heterocycles. The van der Waals surface area contributed by atoms with E-state index in [1.54, 1.807) is 6.08 Å². The van der Waals surface area contributed by atoms with Gasteiger partial charge in [0.1, 0.15) is 5.69 Å². The fourth-order valence-electron chi connectivity index (χ4n) is 1.99. The van der Waals surface area contributed by atoms with Crippen LogP contribution in [0.15, 0.2) is 53.6 Å². The highest BCUT2D eigenvalue weighted by molar-refractivity contribution is 5.79. The maximum Gasteiger partial charge on any atom is 0.301 e. The number of benzene rings is 2. The molecule has 0 aliphatic carbocycles. The molecule has 8 heteroatoms. The van der Waals surface area contributed by atoms with Crippen LogP contribution in [-0.2, 0) is 0 Å². The number of hydrogen-bond donors (Lipinski definition) is 1. The van der Waals surface area contributed by atoms with Crippen LogP contribution in [0.1, 0.15) is 11.1 Å². The average Bonchev–Trinajstić information content (AvgIpc) is 2.55. The van der Waals surface area contributed by atoms with Crippen molar-refractivity contribution >= 4 is 29.4 Å². The van der Waals surface area contributed by atoms with Gasteiger partial charge >= 0.3 is 5.69 Å². The molecule has 0 unspecified atom stereocenters. The van der Waals surface area contributed by atoms with E-state index in [-0.39, 0.29) is 11.4 Å². The van der Waals surface area contributed by atoms with Crippen LogP contribution in [0.25, 0.3) is 6.08 Å². The van der Waals surface area contributed by atoms with Crippen LogP contribution in [0, 0.1) is 27.2 Å². The Morgan fingerprint density at radius 2 is 1.71 bits per heavy atom. The van der Waals surface area contributed by atoms with Gasteiger partial charge in [-0.15, -0.1) is 0 Å². The van der Waals surface area contributed by atoms with Crippen molar-refractivity contribution in [3.63, 3.8) is 0 Å². The molecule has 0 spiro atoms. The molecular weight excluding hydrogens is 312 g/mol. The molecule has 122 valence electrons. The summed E-state index contributed by atoms with van der Waals surface area (Å²) in [6.45, 7) is 1.51. The second-order valence-corrected chi connectivity index (χ2v) is 4.83. The summed E-state index contributed by atoms with van der Waals surface area (Å²) in [6.07, 6.45) is 4.93. The zero-order valence-electron chi connectivity index (χ0n) is 12.7. The molecule has 2 aromatic rings. The Hall–Kier alpha value is -3.55. The van der Waals surface area contributed by atoms with Gasteiger partial charge in [-0.3, -0.25) is 25.7 Å². The molecule has 0 bridgehead atoms. The summed E-state index contributed by atoms with van der Waals surface area (Å²) < 4.78 is 0. The molecule has 1 N–H and O–H groups in total. The van der Waals surface area contributed by atoms with Gasteiger partial charge in [0.15, 0.2) is 0 Å². The number of hydrazone groups is 1. The van der Waals surface area contributed by atoms with E-state index < -0.39 is 15.5 Å². The minimum absolute atomic E-state index is 0.0902. The lowest BCUT2D eigenvalue weighted by Gasteiger charge is -2.04. The lowest BCUT2D eigenvalue weighted by atomic mass is 10.1. The third-order valence-electron chi connectivity index (χ3n) is 3.14. The Morgan fingerprint density at radius 1 is 1.04 bits per heavy atom. The summed E-state index contributed by atoms with van der Waals surface area (Å²) in [4.78, 5) is 20.6. The zero-order valence-corrected chi connectivity index (χ0v) is 12.7. The van der Waals surface area contributed by atoms with Gasteiger partial charge in [-0.1, -0.05) is 36.4 Å². The molecule has 0 radical (unpaired) electrons. The van der Waals surface area contributed by atoms with Crippen LogP contribution in [0.2, 0.25) is 0 Å². The summed E-state index contributed by atoms with van der Waals surface area (Å²) in [5.74, 6) is 0. The monoisotopic (exact) mass is 326 g/mol. The first-order valence-corrected chi connectivity index (χ1v) is 6.93. The molecule has 2 aromatic carbocycles. The van der Waals surface area contributed by atoms with E-state index >= 15 is 0 Å². The third kappa shape index (κ3) is 4.23. The molecule has 0 fully saturated rings. The first-order valence-electron chi connectivity index (χ1n) is 6.93. The van der Waals surface area contributed by atoms with Gasteiger partial charge < -0.3 is 0 Å². The molecule has 0 amide bonds. The minimum atomic E-state index is -0.690. The first kappa shape index (κ1) is 16.8. The van der Waals surface area contributed by atoms with E-state index in [2.05, 4.69) is 10.5 Å². The number of rotatable bonds is 6. The van der Waals surface area contributed by atoms with Crippen LogP contribution in [-0.4, -0.2) is 16.1 Å². The number of aryl methyl sites for hydroxylation is 1. The first-order chi connectivity index (χ1) is 11.5. The van der Waals surface area contributed by atoms with Crippen molar-refractivity contribution in [3.8, 4) is 0 Å². The second-order valence-electron chi connectivity index (χ2n) is 4.83. The molecule has 2 rings (SSSR count). The lowest BCUT2D eigenvalue weighted by molar-refractivity contribution is -0.394. The Labute approximate surface area is 137 Å². The van der Waals surface area contributed by atoms with Crippen molar-refractivity contribution in [2.45, 2.75) is 6.92 Å². The Morgan fingerprint density at radius 3 is 2.33 bits per heavy atom. The zero-order chi connectivity index (χ0) is 17.5. The Bertz CT molecular complexity index is 816. The van der Waals surface area contributed by atoms with Crippen LogP contribution in [0.4, 0.5) is 17.1 Å². The van der Waals surface area contributed by atoms with Gasteiger partial charge in [0.05, 0.1) is 15.9 Å². The molecule has 0 aromatic heterocycles. The van der Waals surface area contributed by atoms with Gasteiger partial charge in [0.2, 0.25) is 0 Å².